The summed E-state index contributed by atoms with van der Waals surface area (Å²) in [6.45, 7) is 0.349. The lowest BCUT2D eigenvalue weighted by Crippen LogP contribution is -2.30. The minimum atomic E-state index is -0.767. The number of rotatable bonds is 7. The van der Waals surface area contributed by atoms with Crippen LogP contribution in [0, 0.1) is 20.2 Å². The molecule has 0 N–H and O–H groups in total. The molecule has 0 aliphatic carbocycles. The fraction of sp³-hybridized carbons (Fsp3) is 0.316. The topological polar surface area (TPSA) is 134 Å². The summed E-state index contributed by atoms with van der Waals surface area (Å²) < 4.78 is 16.1. The van der Waals surface area contributed by atoms with Crippen molar-refractivity contribution in [3.63, 3.8) is 0 Å². The number of amides is 1. The molecule has 0 radical (unpaired) electrons. The Morgan fingerprint density at radius 2 is 1.48 bits per heavy atom. The van der Waals surface area contributed by atoms with Crippen LogP contribution in [0.2, 0.25) is 0 Å². The maximum Gasteiger partial charge on any atom is 0.277 e. The number of methoxy groups -OCH3 is 3. The summed E-state index contributed by atoms with van der Waals surface area (Å²) in [5.41, 5.74) is -0.530. The van der Waals surface area contributed by atoms with Crippen molar-refractivity contribution >= 4 is 29.0 Å². The number of carbonyl (C=O) groups is 1. The van der Waals surface area contributed by atoms with Gasteiger partial charge >= 0.3 is 0 Å². The van der Waals surface area contributed by atoms with E-state index in [1.54, 1.807) is 12.1 Å². The predicted molar refractivity (Wildman–Crippen MR) is 112 cm³/mol. The maximum atomic E-state index is 13.2. The molecule has 31 heavy (non-hydrogen) atoms. The van der Waals surface area contributed by atoms with Crippen molar-refractivity contribution in [3.8, 4) is 17.2 Å². The number of benzene rings is 2. The monoisotopic (exact) mass is 449 g/mol. The number of carbonyl (C=O) groups excluding carboxylic acids is 1. The van der Waals surface area contributed by atoms with Crippen LogP contribution in [-0.2, 0) is 0 Å². The highest BCUT2D eigenvalue weighted by Crippen LogP contribution is 2.46. The quantitative estimate of drug-likeness (QED) is 0.460. The number of thioether (sulfide) groups is 1. The van der Waals surface area contributed by atoms with Gasteiger partial charge in [0.15, 0.2) is 11.5 Å². The second-order valence-electron chi connectivity index (χ2n) is 6.42. The van der Waals surface area contributed by atoms with Crippen LogP contribution in [0.5, 0.6) is 17.2 Å². The van der Waals surface area contributed by atoms with Crippen LogP contribution in [0.3, 0.4) is 0 Å². The maximum absolute atomic E-state index is 13.2. The molecule has 1 amide bonds. The van der Waals surface area contributed by atoms with Gasteiger partial charge in [-0.25, -0.2) is 0 Å². The number of hydrogen-bond acceptors (Lipinski definition) is 9. The van der Waals surface area contributed by atoms with Gasteiger partial charge in [-0.3, -0.25) is 25.0 Å². The average molecular weight is 449 g/mol. The molecule has 0 spiro atoms. The first kappa shape index (κ1) is 22.2. The lowest BCUT2D eigenvalue weighted by Gasteiger charge is -2.26. The zero-order valence-corrected chi connectivity index (χ0v) is 17.7. The van der Waals surface area contributed by atoms with Gasteiger partial charge in [-0.1, -0.05) is 0 Å². The van der Waals surface area contributed by atoms with Crippen molar-refractivity contribution in [1.29, 1.82) is 0 Å². The molecule has 1 aliphatic heterocycles. The van der Waals surface area contributed by atoms with E-state index in [1.807, 2.05) is 0 Å². The lowest BCUT2D eigenvalue weighted by molar-refractivity contribution is -0.394. The van der Waals surface area contributed by atoms with Gasteiger partial charge in [0.2, 0.25) is 0 Å². The van der Waals surface area contributed by atoms with Crippen molar-refractivity contribution < 1.29 is 28.9 Å². The summed E-state index contributed by atoms with van der Waals surface area (Å²) in [6.07, 6.45) is 0. The van der Waals surface area contributed by atoms with Crippen molar-refractivity contribution in [3.05, 3.63) is 61.7 Å². The van der Waals surface area contributed by atoms with E-state index in [4.69, 9.17) is 14.2 Å². The number of nitro groups is 2. The van der Waals surface area contributed by atoms with Gasteiger partial charge in [0.05, 0.1) is 42.8 Å². The molecule has 1 aliphatic rings. The molecular weight excluding hydrogens is 430 g/mol. The minimum Gasteiger partial charge on any atom is -0.496 e. The standard InChI is InChI=1S/C19H19N3O8S/c1-28-15-10-17(30-3)16(29-2)9-14(15)19-20(4-5-31-19)18(23)11-6-12(21(24)25)8-13(7-11)22(26)27/h6-10,19H,4-5H2,1-3H3. The molecule has 2 aromatic carbocycles. The molecule has 1 saturated heterocycles. The number of nitro benzene ring substituents is 2. The average Bonchev–Trinajstić information content (AvgIpc) is 3.26. The number of ether oxygens (including phenoxy) is 3. The first-order valence-corrected chi connectivity index (χ1v) is 10.0. The highest BCUT2D eigenvalue weighted by Gasteiger charge is 2.35. The number of hydrogen-bond donors (Lipinski definition) is 0. The largest absolute Gasteiger partial charge is 0.496 e. The fourth-order valence-electron chi connectivity index (χ4n) is 3.28. The molecule has 0 aromatic heterocycles. The highest BCUT2D eigenvalue weighted by molar-refractivity contribution is 7.99. The van der Waals surface area contributed by atoms with Crippen LogP contribution in [0.1, 0.15) is 21.3 Å². The summed E-state index contributed by atoms with van der Waals surface area (Å²) >= 11 is 1.47. The van der Waals surface area contributed by atoms with Crippen LogP contribution in [0.4, 0.5) is 11.4 Å². The predicted octanol–water partition coefficient (Wildman–Crippen LogP) is 3.42. The third-order valence-corrected chi connectivity index (χ3v) is 5.97. The van der Waals surface area contributed by atoms with E-state index in [1.165, 1.54) is 38.0 Å². The summed E-state index contributed by atoms with van der Waals surface area (Å²) in [4.78, 5) is 35.6. The van der Waals surface area contributed by atoms with E-state index in [0.717, 1.165) is 18.2 Å². The smallest absolute Gasteiger partial charge is 0.277 e. The molecule has 1 heterocycles. The van der Waals surface area contributed by atoms with E-state index in [0.29, 0.717) is 35.1 Å². The molecule has 1 fully saturated rings. The van der Waals surface area contributed by atoms with Gasteiger partial charge in [0.25, 0.3) is 17.3 Å². The first-order chi connectivity index (χ1) is 14.8. The Morgan fingerprint density at radius 3 is 2.00 bits per heavy atom. The highest BCUT2D eigenvalue weighted by atomic mass is 32.2. The van der Waals surface area contributed by atoms with E-state index < -0.39 is 32.5 Å². The van der Waals surface area contributed by atoms with Crippen LogP contribution >= 0.6 is 11.8 Å². The summed E-state index contributed by atoms with van der Waals surface area (Å²) in [5.74, 6) is 1.42. The van der Waals surface area contributed by atoms with Crippen LogP contribution in [-0.4, -0.2) is 54.3 Å². The van der Waals surface area contributed by atoms with Crippen molar-refractivity contribution in [2.75, 3.05) is 33.6 Å². The Labute approximate surface area is 181 Å². The molecule has 0 saturated carbocycles. The van der Waals surface area contributed by atoms with Crippen LogP contribution in [0.25, 0.3) is 0 Å². The zero-order valence-electron chi connectivity index (χ0n) is 16.9. The third-order valence-electron chi connectivity index (χ3n) is 4.72. The van der Waals surface area contributed by atoms with Gasteiger partial charge < -0.3 is 19.1 Å². The summed E-state index contributed by atoms with van der Waals surface area (Å²) in [6, 6.07) is 6.26. The Hall–Kier alpha value is -3.54. The molecule has 1 atom stereocenters. The van der Waals surface area contributed by atoms with Gasteiger partial charge in [-0.05, 0) is 6.07 Å². The number of nitrogens with zero attached hydrogens (tertiary/aromatic N) is 3. The van der Waals surface area contributed by atoms with Gasteiger partial charge in [0.1, 0.15) is 11.1 Å². The van der Waals surface area contributed by atoms with E-state index >= 15 is 0 Å². The summed E-state index contributed by atoms with van der Waals surface area (Å²) in [5, 5.41) is 21.9. The van der Waals surface area contributed by atoms with Gasteiger partial charge in [-0.2, -0.15) is 0 Å². The second-order valence-corrected chi connectivity index (χ2v) is 7.61. The summed E-state index contributed by atoms with van der Waals surface area (Å²) in [7, 11) is 4.47. The SMILES string of the molecule is COc1cc(OC)c(C2SCCN2C(=O)c2cc([N+](=O)[O-])cc([N+](=O)[O-])c2)cc1OC. The number of non-ortho nitro benzene ring substituents is 2. The Morgan fingerprint density at radius 1 is 0.935 bits per heavy atom. The Balaban J connectivity index is 2.04. The molecule has 0 bridgehead atoms. The minimum absolute atomic E-state index is 0.132. The van der Waals surface area contributed by atoms with Crippen molar-refractivity contribution in [1.82, 2.24) is 4.90 Å². The molecule has 3 rings (SSSR count). The molecule has 1 unspecified atom stereocenters. The van der Waals surface area contributed by atoms with Crippen molar-refractivity contribution in [2.24, 2.45) is 0 Å². The van der Waals surface area contributed by atoms with E-state index in [9.17, 15) is 25.0 Å². The molecule has 12 heteroatoms. The van der Waals surface area contributed by atoms with Crippen LogP contribution in [0.15, 0.2) is 30.3 Å². The Bertz CT molecular complexity index is 1010. The van der Waals surface area contributed by atoms with Crippen molar-refractivity contribution in [2.45, 2.75) is 5.37 Å². The molecule has 164 valence electrons. The van der Waals surface area contributed by atoms with Gasteiger partial charge in [0, 0.05) is 36.1 Å². The second kappa shape index (κ2) is 9.08. The lowest BCUT2D eigenvalue weighted by atomic mass is 10.1. The third kappa shape index (κ3) is 4.33. The van der Waals surface area contributed by atoms with E-state index in [2.05, 4.69) is 0 Å². The Kier molecular flexibility index (Phi) is 6.49. The molecular formula is C19H19N3O8S. The van der Waals surface area contributed by atoms with E-state index in [-0.39, 0.29) is 5.56 Å². The normalized spacial score (nSPS) is 15.5. The first-order valence-electron chi connectivity index (χ1n) is 8.97. The molecule has 2 aromatic rings. The zero-order chi connectivity index (χ0) is 22.7. The molecule has 11 nitrogen and oxygen atoms in total. The fourth-order valence-corrected chi connectivity index (χ4v) is 4.55. The van der Waals surface area contributed by atoms with Crippen LogP contribution < -0.4 is 14.2 Å². The van der Waals surface area contributed by atoms with Gasteiger partial charge in [-0.15, -0.1) is 11.8 Å².